The van der Waals surface area contributed by atoms with Gasteiger partial charge in [0.05, 0.1) is 10.7 Å². The number of aromatic nitrogens is 1. The highest BCUT2D eigenvalue weighted by Crippen LogP contribution is 2.20. The van der Waals surface area contributed by atoms with Crippen LogP contribution in [-0.2, 0) is 6.42 Å². The molecule has 1 aromatic heterocycles. The van der Waals surface area contributed by atoms with Gasteiger partial charge in [-0.1, -0.05) is 6.92 Å². The Labute approximate surface area is 107 Å². The number of thiazole rings is 1. The first-order chi connectivity index (χ1) is 7.89. The summed E-state index contributed by atoms with van der Waals surface area (Å²) in [4.78, 5) is 17.2. The molecule has 0 bridgehead atoms. The summed E-state index contributed by atoms with van der Waals surface area (Å²) in [5.41, 5.74) is 6.03. The predicted octanol–water partition coefficient (Wildman–Crippen LogP) is 1.87. The van der Waals surface area contributed by atoms with E-state index in [2.05, 4.69) is 17.2 Å². The fourth-order valence-corrected chi connectivity index (χ4v) is 2.46. The lowest BCUT2D eigenvalue weighted by molar-refractivity contribution is 0.0919. The Hall–Kier alpha value is -0.940. The van der Waals surface area contributed by atoms with E-state index in [1.54, 1.807) is 0 Å². The van der Waals surface area contributed by atoms with Crippen molar-refractivity contribution in [2.75, 3.05) is 6.54 Å². The second kappa shape index (κ2) is 5.60. The number of rotatable bonds is 5. The number of hydrogen-bond donors (Lipinski definition) is 2. The van der Waals surface area contributed by atoms with Gasteiger partial charge in [-0.25, -0.2) is 4.98 Å². The van der Waals surface area contributed by atoms with Crippen LogP contribution >= 0.6 is 11.3 Å². The molecule has 0 unspecified atom stereocenters. The van der Waals surface area contributed by atoms with E-state index in [1.165, 1.54) is 11.3 Å². The van der Waals surface area contributed by atoms with E-state index < -0.39 is 0 Å². The van der Waals surface area contributed by atoms with E-state index in [4.69, 9.17) is 5.73 Å². The van der Waals surface area contributed by atoms with Crippen LogP contribution in [0.4, 0.5) is 0 Å². The third kappa shape index (κ3) is 3.78. The van der Waals surface area contributed by atoms with E-state index >= 15 is 0 Å². The third-order valence-electron chi connectivity index (χ3n) is 2.47. The summed E-state index contributed by atoms with van der Waals surface area (Å²) in [5.74, 6) is -0.0715. The van der Waals surface area contributed by atoms with E-state index in [9.17, 15) is 4.79 Å². The fraction of sp³-hybridized carbons (Fsp3) is 0.667. The van der Waals surface area contributed by atoms with Gasteiger partial charge in [0.2, 0.25) is 0 Å². The molecule has 1 heterocycles. The molecular weight excluding hydrogens is 234 g/mol. The van der Waals surface area contributed by atoms with E-state index in [0.29, 0.717) is 11.4 Å². The maximum absolute atomic E-state index is 12.1. The highest BCUT2D eigenvalue weighted by molar-refractivity contribution is 7.13. The summed E-state index contributed by atoms with van der Waals surface area (Å²) in [7, 11) is 0. The van der Waals surface area contributed by atoms with Crippen LogP contribution in [0.25, 0.3) is 0 Å². The van der Waals surface area contributed by atoms with Crippen LogP contribution in [0.2, 0.25) is 0 Å². The largest absolute Gasteiger partial charge is 0.345 e. The minimum absolute atomic E-state index is 0.0715. The highest BCUT2D eigenvalue weighted by atomic mass is 32.1. The molecule has 0 aliphatic carbocycles. The molecule has 96 valence electrons. The van der Waals surface area contributed by atoms with Gasteiger partial charge in [0.1, 0.15) is 4.88 Å². The van der Waals surface area contributed by atoms with Gasteiger partial charge in [0, 0.05) is 12.1 Å². The Morgan fingerprint density at radius 1 is 1.53 bits per heavy atom. The van der Waals surface area contributed by atoms with Crippen molar-refractivity contribution in [3.05, 3.63) is 15.6 Å². The van der Waals surface area contributed by atoms with E-state index in [1.807, 2.05) is 20.8 Å². The van der Waals surface area contributed by atoms with Gasteiger partial charge in [0.25, 0.3) is 5.91 Å². The number of nitrogens with two attached hydrogens (primary N) is 1. The summed E-state index contributed by atoms with van der Waals surface area (Å²) in [6, 6.07) is 0. The number of amides is 1. The first-order valence-corrected chi connectivity index (χ1v) is 6.70. The van der Waals surface area contributed by atoms with Crippen molar-refractivity contribution in [1.82, 2.24) is 10.3 Å². The Kier molecular flexibility index (Phi) is 4.65. The van der Waals surface area contributed by atoms with Crippen molar-refractivity contribution in [2.24, 2.45) is 5.73 Å². The zero-order chi connectivity index (χ0) is 13.1. The normalized spacial score (nSPS) is 11.6. The Balaban J connectivity index is 2.82. The first kappa shape index (κ1) is 14.1. The monoisotopic (exact) mass is 255 g/mol. The van der Waals surface area contributed by atoms with Crippen molar-refractivity contribution < 1.29 is 4.79 Å². The SMILES string of the molecule is CCCc1nc(C)c(C(=O)NC(C)(C)CN)s1. The summed E-state index contributed by atoms with van der Waals surface area (Å²) >= 11 is 1.48. The molecule has 0 saturated heterocycles. The second-order valence-corrected chi connectivity index (χ2v) is 5.90. The van der Waals surface area contributed by atoms with Crippen LogP contribution in [0.5, 0.6) is 0 Å². The summed E-state index contributed by atoms with van der Waals surface area (Å²) < 4.78 is 0. The molecule has 0 saturated carbocycles. The molecule has 4 nitrogen and oxygen atoms in total. The maximum atomic E-state index is 12.1. The zero-order valence-corrected chi connectivity index (χ0v) is 11.8. The molecule has 0 radical (unpaired) electrons. The molecule has 3 N–H and O–H groups in total. The quantitative estimate of drug-likeness (QED) is 0.844. The lowest BCUT2D eigenvalue weighted by Gasteiger charge is -2.23. The van der Waals surface area contributed by atoms with Gasteiger partial charge in [0.15, 0.2) is 0 Å². The topological polar surface area (TPSA) is 68.0 Å². The number of carbonyl (C=O) groups is 1. The molecule has 1 aromatic rings. The molecule has 1 rings (SSSR count). The standard InChI is InChI=1S/C12H21N3OS/c1-5-6-9-14-8(2)10(17-9)11(16)15-12(3,4)7-13/h5-7,13H2,1-4H3,(H,15,16). The fourth-order valence-electron chi connectivity index (χ4n) is 1.40. The Bertz CT molecular complexity index is 398. The van der Waals surface area contributed by atoms with Crippen molar-refractivity contribution in [2.45, 2.75) is 46.1 Å². The lowest BCUT2D eigenvalue weighted by atomic mass is 10.1. The van der Waals surface area contributed by atoms with Crippen molar-refractivity contribution in [3.63, 3.8) is 0 Å². The molecule has 0 aliphatic rings. The molecule has 0 fully saturated rings. The van der Waals surface area contributed by atoms with Crippen LogP contribution in [0.15, 0.2) is 0 Å². The minimum Gasteiger partial charge on any atom is -0.345 e. The van der Waals surface area contributed by atoms with Gasteiger partial charge in [-0.15, -0.1) is 11.3 Å². The maximum Gasteiger partial charge on any atom is 0.263 e. The average Bonchev–Trinajstić information content (AvgIpc) is 2.60. The van der Waals surface area contributed by atoms with E-state index in [0.717, 1.165) is 23.5 Å². The number of aryl methyl sites for hydroxylation is 2. The molecule has 1 amide bonds. The molecule has 0 aromatic carbocycles. The highest BCUT2D eigenvalue weighted by Gasteiger charge is 2.22. The summed E-state index contributed by atoms with van der Waals surface area (Å²) in [6.45, 7) is 8.22. The van der Waals surface area contributed by atoms with Crippen LogP contribution in [-0.4, -0.2) is 23.0 Å². The molecule has 0 aliphatic heterocycles. The Morgan fingerprint density at radius 3 is 2.71 bits per heavy atom. The number of hydrogen-bond acceptors (Lipinski definition) is 4. The van der Waals surface area contributed by atoms with Gasteiger partial charge in [-0.2, -0.15) is 0 Å². The minimum atomic E-state index is -0.377. The second-order valence-electron chi connectivity index (χ2n) is 4.81. The van der Waals surface area contributed by atoms with Crippen LogP contribution in [0.3, 0.4) is 0 Å². The lowest BCUT2D eigenvalue weighted by Crippen LogP contribution is -2.48. The van der Waals surface area contributed by atoms with Crippen molar-refractivity contribution in [3.8, 4) is 0 Å². The van der Waals surface area contributed by atoms with Gasteiger partial charge in [-0.3, -0.25) is 4.79 Å². The molecule has 0 spiro atoms. The number of carbonyl (C=O) groups excluding carboxylic acids is 1. The predicted molar refractivity (Wildman–Crippen MR) is 71.4 cm³/mol. The third-order valence-corrected chi connectivity index (χ3v) is 3.69. The van der Waals surface area contributed by atoms with E-state index in [-0.39, 0.29) is 11.4 Å². The van der Waals surface area contributed by atoms with Crippen molar-refractivity contribution in [1.29, 1.82) is 0 Å². The average molecular weight is 255 g/mol. The van der Waals surface area contributed by atoms with Gasteiger partial charge >= 0.3 is 0 Å². The smallest absolute Gasteiger partial charge is 0.263 e. The van der Waals surface area contributed by atoms with Crippen LogP contribution < -0.4 is 11.1 Å². The summed E-state index contributed by atoms with van der Waals surface area (Å²) in [5, 5.41) is 3.95. The first-order valence-electron chi connectivity index (χ1n) is 5.88. The number of nitrogens with one attached hydrogen (secondary N) is 1. The van der Waals surface area contributed by atoms with Crippen LogP contribution in [0.1, 0.15) is 47.6 Å². The number of nitrogens with zero attached hydrogens (tertiary/aromatic N) is 1. The van der Waals surface area contributed by atoms with Gasteiger partial charge < -0.3 is 11.1 Å². The van der Waals surface area contributed by atoms with Crippen molar-refractivity contribution >= 4 is 17.2 Å². The summed E-state index contributed by atoms with van der Waals surface area (Å²) in [6.07, 6.45) is 1.97. The zero-order valence-electron chi connectivity index (χ0n) is 11.0. The molecule has 0 atom stereocenters. The molecule has 17 heavy (non-hydrogen) atoms. The van der Waals surface area contributed by atoms with Gasteiger partial charge in [-0.05, 0) is 33.6 Å². The Morgan fingerprint density at radius 2 is 2.18 bits per heavy atom. The molecule has 5 heteroatoms. The van der Waals surface area contributed by atoms with Crippen LogP contribution in [0, 0.1) is 6.92 Å². The molecular formula is C12H21N3OS.